The number of nitrogens with zero attached hydrogens (tertiary/aromatic N) is 1. The molecule has 0 saturated carbocycles. The van der Waals surface area contributed by atoms with Gasteiger partial charge in [-0.05, 0) is 104 Å². The highest BCUT2D eigenvalue weighted by Gasteiger charge is 2.46. The zero-order valence-electron chi connectivity index (χ0n) is 29.9. The molecular weight excluding hydrogens is 667 g/mol. The Hall–Kier alpha value is -7.16. The molecule has 2 aromatic heterocycles. The van der Waals surface area contributed by atoms with Gasteiger partial charge in [-0.1, -0.05) is 152 Å². The van der Waals surface area contributed by atoms with Crippen LogP contribution in [0.5, 0.6) is 0 Å². The van der Waals surface area contributed by atoms with Crippen molar-refractivity contribution in [1.82, 2.24) is 4.57 Å². The smallest absolute Gasteiger partial charge is 0.136 e. The third-order valence-electron chi connectivity index (χ3n) is 12.1. The van der Waals surface area contributed by atoms with Crippen molar-refractivity contribution in [3.05, 3.63) is 222 Å². The molecule has 55 heavy (non-hydrogen) atoms. The molecule has 0 unspecified atom stereocenters. The second kappa shape index (κ2) is 11.4. The summed E-state index contributed by atoms with van der Waals surface area (Å²) in [6.45, 7) is 0. The van der Waals surface area contributed by atoms with Crippen molar-refractivity contribution in [3.8, 4) is 27.9 Å². The zero-order chi connectivity index (χ0) is 36.1. The average molecular weight is 700 g/mol. The second-order valence-electron chi connectivity index (χ2n) is 14.8. The number of rotatable bonds is 4. The number of para-hydroxylation sites is 1. The van der Waals surface area contributed by atoms with Crippen LogP contribution in [-0.4, -0.2) is 4.57 Å². The quantitative estimate of drug-likeness (QED) is 0.179. The first-order chi connectivity index (χ1) is 27.3. The van der Waals surface area contributed by atoms with Gasteiger partial charge < -0.3 is 8.98 Å². The highest BCUT2D eigenvalue weighted by Crippen LogP contribution is 2.57. The monoisotopic (exact) mass is 699 g/mol. The third-order valence-corrected chi connectivity index (χ3v) is 12.1. The first-order valence-electron chi connectivity index (χ1n) is 19.0. The fraction of sp³-hybridized carbons (Fsp3) is 0.0189. The van der Waals surface area contributed by atoms with Gasteiger partial charge in [0.15, 0.2) is 0 Å². The van der Waals surface area contributed by atoms with Gasteiger partial charge in [-0.25, -0.2) is 0 Å². The Kier molecular flexibility index (Phi) is 6.29. The fourth-order valence-electron chi connectivity index (χ4n) is 9.71. The molecule has 1 aliphatic rings. The minimum absolute atomic E-state index is 0.460. The van der Waals surface area contributed by atoms with Crippen molar-refractivity contribution in [3.63, 3.8) is 0 Å². The number of furan rings is 1. The van der Waals surface area contributed by atoms with E-state index in [9.17, 15) is 0 Å². The molecule has 2 nitrogen and oxygen atoms in total. The van der Waals surface area contributed by atoms with Crippen LogP contribution in [0.1, 0.15) is 22.3 Å². The normalized spacial score (nSPS) is 13.2. The van der Waals surface area contributed by atoms with E-state index >= 15 is 0 Å². The van der Waals surface area contributed by atoms with Crippen LogP contribution < -0.4 is 0 Å². The molecule has 0 atom stereocenters. The molecule has 0 fully saturated rings. The maximum Gasteiger partial charge on any atom is 0.136 e. The van der Waals surface area contributed by atoms with Crippen molar-refractivity contribution in [1.29, 1.82) is 0 Å². The van der Waals surface area contributed by atoms with Crippen LogP contribution >= 0.6 is 0 Å². The first-order valence-corrected chi connectivity index (χ1v) is 19.0. The Morgan fingerprint density at radius 1 is 0.382 bits per heavy atom. The summed E-state index contributed by atoms with van der Waals surface area (Å²) in [5, 5.41) is 7.38. The summed E-state index contributed by atoms with van der Waals surface area (Å²) in [7, 11) is 0. The van der Waals surface area contributed by atoms with Crippen LogP contribution in [0.3, 0.4) is 0 Å². The number of fused-ring (bicyclic) bond motifs is 11. The molecule has 0 bridgehead atoms. The highest BCUT2D eigenvalue weighted by atomic mass is 16.3. The molecule has 1 aliphatic carbocycles. The average Bonchev–Trinajstić information content (AvgIpc) is 3.89. The number of hydrogen-bond donors (Lipinski definition) is 0. The van der Waals surface area contributed by atoms with Gasteiger partial charge >= 0.3 is 0 Å². The van der Waals surface area contributed by atoms with Crippen LogP contribution in [0.25, 0.3) is 82.5 Å². The first kappa shape index (κ1) is 30.3. The van der Waals surface area contributed by atoms with E-state index in [1.165, 1.54) is 66.0 Å². The lowest BCUT2D eigenvalue weighted by molar-refractivity contribution is 0.666. The van der Waals surface area contributed by atoms with Gasteiger partial charge in [-0.3, -0.25) is 0 Å². The van der Waals surface area contributed by atoms with Crippen molar-refractivity contribution in [2.24, 2.45) is 0 Å². The minimum Gasteiger partial charge on any atom is -0.456 e. The predicted octanol–water partition coefficient (Wildman–Crippen LogP) is 13.9. The van der Waals surface area contributed by atoms with Crippen molar-refractivity contribution >= 4 is 54.5 Å². The lowest BCUT2D eigenvalue weighted by Crippen LogP contribution is -2.28. The molecule has 9 aromatic carbocycles. The molecule has 256 valence electrons. The summed E-state index contributed by atoms with van der Waals surface area (Å²) in [6.07, 6.45) is 0. The van der Waals surface area contributed by atoms with Gasteiger partial charge in [0.25, 0.3) is 0 Å². The van der Waals surface area contributed by atoms with E-state index < -0.39 is 5.41 Å². The van der Waals surface area contributed by atoms with Crippen molar-refractivity contribution in [2.75, 3.05) is 0 Å². The SMILES string of the molecule is c1ccc(C2(c3ccccc3)c3ccccc3-c3cc4c(cc32)oc2cc(-c3ccc(-n5c6ccccc6c6c7ccccc7ccc65)cc3)ccc24)cc1. The van der Waals surface area contributed by atoms with Crippen LogP contribution in [0.2, 0.25) is 0 Å². The third kappa shape index (κ3) is 4.19. The van der Waals surface area contributed by atoms with E-state index in [-0.39, 0.29) is 0 Å². The molecule has 0 radical (unpaired) electrons. The Bertz CT molecular complexity index is 3260. The lowest BCUT2D eigenvalue weighted by Gasteiger charge is -2.33. The maximum absolute atomic E-state index is 6.81. The molecular formula is C53H33NO. The lowest BCUT2D eigenvalue weighted by atomic mass is 9.67. The number of aromatic nitrogens is 1. The Morgan fingerprint density at radius 3 is 1.84 bits per heavy atom. The van der Waals surface area contributed by atoms with Gasteiger partial charge in [0.2, 0.25) is 0 Å². The molecule has 2 heteroatoms. The topological polar surface area (TPSA) is 18.1 Å². The van der Waals surface area contributed by atoms with Gasteiger partial charge in [-0.2, -0.15) is 0 Å². The summed E-state index contributed by atoms with van der Waals surface area (Å²) in [6, 6.07) is 73.0. The Morgan fingerprint density at radius 2 is 1.04 bits per heavy atom. The Balaban J connectivity index is 0.996. The van der Waals surface area contributed by atoms with E-state index in [0.717, 1.165) is 38.8 Å². The van der Waals surface area contributed by atoms with Gasteiger partial charge in [0, 0.05) is 27.2 Å². The summed E-state index contributed by atoms with van der Waals surface area (Å²) >= 11 is 0. The predicted molar refractivity (Wildman–Crippen MR) is 228 cm³/mol. The van der Waals surface area contributed by atoms with E-state index in [4.69, 9.17) is 4.42 Å². The molecule has 12 rings (SSSR count). The van der Waals surface area contributed by atoms with Crippen molar-refractivity contribution < 1.29 is 4.42 Å². The van der Waals surface area contributed by atoms with E-state index in [0.29, 0.717) is 0 Å². The molecule has 11 aromatic rings. The summed E-state index contributed by atoms with van der Waals surface area (Å²) in [5.74, 6) is 0. The largest absolute Gasteiger partial charge is 0.456 e. The van der Waals surface area contributed by atoms with Crippen molar-refractivity contribution in [2.45, 2.75) is 5.41 Å². The van der Waals surface area contributed by atoms with Gasteiger partial charge in [-0.15, -0.1) is 0 Å². The fourth-order valence-corrected chi connectivity index (χ4v) is 9.71. The maximum atomic E-state index is 6.81. The summed E-state index contributed by atoms with van der Waals surface area (Å²) in [5.41, 5.74) is 14.8. The zero-order valence-corrected chi connectivity index (χ0v) is 29.9. The molecule has 0 amide bonds. The Labute approximate surface area is 318 Å². The summed E-state index contributed by atoms with van der Waals surface area (Å²) < 4.78 is 9.21. The van der Waals surface area contributed by atoms with E-state index in [1.54, 1.807) is 0 Å². The van der Waals surface area contributed by atoms with E-state index in [2.05, 4.69) is 205 Å². The van der Waals surface area contributed by atoms with Gasteiger partial charge in [0.1, 0.15) is 11.2 Å². The summed E-state index contributed by atoms with van der Waals surface area (Å²) in [4.78, 5) is 0. The van der Waals surface area contributed by atoms with Crippen LogP contribution in [0.4, 0.5) is 0 Å². The van der Waals surface area contributed by atoms with Gasteiger partial charge in [0.05, 0.1) is 16.4 Å². The molecule has 0 spiro atoms. The second-order valence-corrected chi connectivity index (χ2v) is 14.8. The standard InChI is InChI=1S/C53H33NO/c1-3-14-37(15-4-1)53(38-16-5-2-6-17-38)46-21-11-9-19-41(46)44-32-45-42-29-25-36(31-50(42)55-51(45)33-47(44)53)34-23-27-39(28-24-34)54-48-22-12-10-20-43(48)52-40-18-8-7-13-35(40)26-30-49(52)54/h1-33H. The molecule has 2 heterocycles. The van der Waals surface area contributed by atoms with Crippen LogP contribution in [0, 0.1) is 0 Å². The van der Waals surface area contributed by atoms with E-state index in [1.807, 2.05) is 0 Å². The van der Waals surface area contributed by atoms with Crippen LogP contribution in [-0.2, 0) is 5.41 Å². The minimum atomic E-state index is -0.460. The number of benzene rings is 9. The highest BCUT2D eigenvalue weighted by molar-refractivity contribution is 6.21. The molecule has 0 saturated heterocycles. The van der Waals surface area contributed by atoms with Crippen LogP contribution in [0.15, 0.2) is 205 Å². The number of hydrogen-bond acceptors (Lipinski definition) is 1. The molecule has 0 aliphatic heterocycles. The molecule has 0 N–H and O–H groups in total.